The van der Waals surface area contributed by atoms with E-state index in [4.69, 9.17) is 4.42 Å². The zero-order chi connectivity index (χ0) is 22.7. The highest BCUT2D eigenvalue weighted by molar-refractivity contribution is 6.01. The Morgan fingerprint density at radius 2 is 1.66 bits per heavy atom. The minimum atomic E-state index is -0.698. The summed E-state index contributed by atoms with van der Waals surface area (Å²) in [5.41, 5.74) is 3.18. The quantitative estimate of drug-likeness (QED) is 0.637. The first-order chi connectivity index (χ1) is 15.4. The van der Waals surface area contributed by atoms with Gasteiger partial charge in [0.05, 0.1) is 6.26 Å². The molecule has 2 heterocycles. The van der Waals surface area contributed by atoms with Crippen molar-refractivity contribution < 1.29 is 18.8 Å². The fraction of sp³-hybridized carbons (Fsp3) is 0.240. The zero-order valence-electron chi connectivity index (χ0n) is 18.0. The van der Waals surface area contributed by atoms with Gasteiger partial charge in [0.1, 0.15) is 6.04 Å². The van der Waals surface area contributed by atoms with Crippen molar-refractivity contribution in [1.82, 2.24) is 4.90 Å². The minimum Gasteiger partial charge on any atom is -0.459 e. The summed E-state index contributed by atoms with van der Waals surface area (Å²) in [7, 11) is 0. The van der Waals surface area contributed by atoms with Crippen LogP contribution in [-0.4, -0.2) is 28.7 Å². The first kappa shape index (κ1) is 21.4. The van der Waals surface area contributed by atoms with Gasteiger partial charge in [-0.1, -0.05) is 44.2 Å². The molecule has 3 amide bonds. The molecule has 0 aliphatic carbocycles. The van der Waals surface area contributed by atoms with E-state index in [0.29, 0.717) is 24.3 Å². The lowest BCUT2D eigenvalue weighted by atomic mass is 9.93. The monoisotopic (exact) mass is 431 g/mol. The Bertz CT molecular complexity index is 1140. The van der Waals surface area contributed by atoms with E-state index >= 15 is 0 Å². The molecule has 164 valence electrons. The van der Waals surface area contributed by atoms with Gasteiger partial charge in [-0.15, -0.1) is 0 Å². The number of rotatable bonds is 5. The molecule has 0 radical (unpaired) electrons. The molecule has 1 aliphatic heterocycles. The molecule has 7 nitrogen and oxygen atoms in total. The van der Waals surface area contributed by atoms with Gasteiger partial charge in [0.2, 0.25) is 11.8 Å². The van der Waals surface area contributed by atoms with E-state index in [1.165, 1.54) is 6.26 Å². The lowest BCUT2D eigenvalue weighted by molar-refractivity contribution is -0.121. The van der Waals surface area contributed by atoms with Crippen molar-refractivity contribution in [3.05, 3.63) is 83.8 Å². The van der Waals surface area contributed by atoms with Crippen LogP contribution in [0.25, 0.3) is 0 Å². The van der Waals surface area contributed by atoms with E-state index in [9.17, 15) is 14.4 Å². The number of carbonyl (C=O) groups is 3. The Kier molecular flexibility index (Phi) is 6.07. The topological polar surface area (TPSA) is 91.7 Å². The van der Waals surface area contributed by atoms with Gasteiger partial charge in [-0.05, 0) is 41.5 Å². The predicted octanol–water partition coefficient (Wildman–Crippen LogP) is 4.08. The molecule has 3 aromatic rings. The van der Waals surface area contributed by atoms with Crippen LogP contribution in [0.4, 0.5) is 11.4 Å². The largest absolute Gasteiger partial charge is 0.459 e. The second-order valence-electron chi connectivity index (χ2n) is 8.11. The van der Waals surface area contributed by atoms with Crippen molar-refractivity contribution in [2.24, 2.45) is 5.92 Å². The van der Waals surface area contributed by atoms with Crippen LogP contribution in [0.15, 0.2) is 71.3 Å². The second-order valence-corrected chi connectivity index (χ2v) is 8.11. The molecular formula is C25H25N3O4. The van der Waals surface area contributed by atoms with Gasteiger partial charge < -0.3 is 20.0 Å². The summed E-state index contributed by atoms with van der Waals surface area (Å²) < 4.78 is 5.29. The maximum atomic E-state index is 13.3. The van der Waals surface area contributed by atoms with Crippen molar-refractivity contribution in [3.8, 4) is 0 Å². The Hall–Kier alpha value is -3.87. The Labute approximate surface area is 186 Å². The highest BCUT2D eigenvalue weighted by atomic mass is 16.3. The van der Waals surface area contributed by atoms with Crippen LogP contribution in [0.2, 0.25) is 0 Å². The number of fused-ring (bicyclic) bond motifs is 1. The van der Waals surface area contributed by atoms with Gasteiger partial charge in [-0.2, -0.15) is 0 Å². The number of carbonyl (C=O) groups excluding carboxylic acids is 3. The molecule has 1 aliphatic rings. The predicted molar refractivity (Wildman–Crippen MR) is 121 cm³/mol. The van der Waals surface area contributed by atoms with E-state index in [2.05, 4.69) is 10.6 Å². The van der Waals surface area contributed by atoms with Gasteiger partial charge in [-0.3, -0.25) is 14.4 Å². The number of hydrogen-bond donors (Lipinski definition) is 2. The van der Waals surface area contributed by atoms with Crippen LogP contribution in [0.3, 0.4) is 0 Å². The average molecular weight is 431 g/mol. The molecule has 7 heteroatoms. The Morgan fingerprint density at radius 1 is 0.938 bits per heavy atom. The molecule has 1 atom stereocenters. The Balaban J connectivity index is 1.57. The van der Waals surface area contributed by atoms with Gasteiger partial charge in [0.15, 0.2) is 5.76 Å². The lowest BCUT2D eigenvalue weighted by Gasteiger charge is -2.35. The number of benzene rings is 2. The number of nitrogens with one attached hydrogen (secondary N) is 2. The molecule has 1 unspecified atom stereocenters. The molecule has 0 fully saturated rings. The molecule has 1 aromatic heterocycles. The molecule has 0 bridgehead atoms. The molecule has 0 saturated carbocycles. The molecule has 2 N–H and O–H groups in total. The molecule has 4 rings (SSSR count). The summed E-state index contributed by atoms with van der Waals surface area (Å²) in [5.74, 6) is -0.695. The number of anilines is 2. The van der Waals surface area contributed by atoms with Crippen molar-refractivity contribution in [3.63, 3.8) is 0 Å². The molecule has 0 spiro atoms. The molecular weight excluding hydrogens is 406 g/mol. The maximum Gasteiger partial charge on any atom is 0.290 e. The Morgan fingerprint density at radius 3 is 2.34 bits per heavy atom. The van der Waals surface area contributed by atoms with Crippen LogP contribution in [0, 0.1) is 5.92 Å². The average Bonchev–Trinajstić information content (AvgIpc) is 3.33. The van der Waals surface area contributed by atoms with E-state index in [1.54, 1.807) is 41.3 Å². The smallest absolute Gasteiger partial charge is 0.290 e. The number of furan rings is 1. The number of amides is 3. The minimum absolute atomic E-state index is 0.104. The summed E-state index contributed by atoms with van der Waals surface area (Å²) in [6.45, 7) is 3.94. The zero-order valence-corrected chi connectivity index (χ0v) is 18.0. The molecule has 0 saturated heterocycles. The molecule has 32 heavy (non-hydrogen) atoms. The first-order valence-electron chi connectivity index (χ1n) is 10.6. The third-order valence-electron chi connectivity index (χ3n) is 5.47. The van der Waals surface area contributed by atoms with E-state index in [0.717, 1.165) is 11.1 Å². The van der Waals surface area contributed by atoms with Crippen LogP contribution in [-0.2, 0) is 22.6 Å². The van der Waals surface area contributed by atoms with Gasteiger partial charge in [0, 0.05) is 30.3 Å². The van der Waals surface area contributed by atoms with Crippen LogP contribution in [0.5, 0.6) is 0 Å². The first-order valence-corrected chi connectivity index (χ1v) is 10.6. The third kappa shape index (κ3) is 4.56. The summed E-state index contributed by atoms with van der Waals surface area (Å²) in [6.07, 6.45) is 1.84. The van der Waals surface area contributed by atoms with Crippen molar-refractivity contribution in [2.75, 3.05) is 10.6 Å². The van der Waals surface area contributed by atoms with Crippen LogP contribution < -0.4 is 10.6 Å². The standard InChI is InChI=1S/C25H25N3O4/c1-16(2)23(29)26-19-9-5-10-20(14-19)27-24(30)21-13-17-7-3-4-8-18(17)15-28(21)25(31)22-11-6-12-32-22/h3-12,14,16,21H,13,15H2,1-2H3,(H,26,29)(H,27,30). The van der Waals surface area contributed by atoms with Crippen molar-refractivity contribution in [1.29, 1.82) is 0 Å². The number of nitrogens with zero attached hydrogens (tertiary/aromatic N) is 1. The van der Waals surface area contributed by atoms with Gasteiger partial charge in [-0.25, -0.2) is 0 Å². The summed E-state index contributed by atoms with van der Waals surface area (Å²) in [6, 6.07) is 17.3. The normalized spacial score (nSPS) is 15.2. The van der Waals surface area contributed by atoms with Crippen molar-refractivity contribution >= 4 is 29.1 Å². The van der Waals surface area contributed by atoms with Crippen LogP contribution in [0.1, 0.15) is 35.5 Å². The lowest BCUT2D eigenvalue weighted by Crippen LogP contribution is -2.50. The summed E-state index contributed by atoms with van der Waals surface area (Å²) in [5, 5.41) is 5.73. The highest BCUT2D eigenvalue weighted by Crippen LogP contribution is 2.26. The van der Waals surface area contributed by atoms with Crippen LogP contribution >= 0.6 is 0 Å². The maximum absolute atomic E-state index is 13.3. The number of hydrogen-bond acceptors (Lipinski definition) is 4. The SMILES string of the molecule is CC(C)C(=O)Nc1cccc(NC(=O)C2Cc3ccccc3CN2C(=O)c2ccco2)c1. The second kappa shape index (κ2) is 9.09. The van der Waals surface area contributed by atoms with E-state index in [1.807, 2.05) is 38.1 Å². The molecule has 2 aromatic carbocycles. The third-order valence-corrected chi connectivity index (χ3v) is 5.47. The summed E-state index contributed by atoms with van der Waals surface area (Å²) >= 11 is 0. The van der Waals surface area contributed by atoms with Gasteiger partial charge >= 0.3 is 0 Å². The fourth-order valence-electron chi connectivity index (χ4n) is 3.70. The van der Waals surface area contributed by atoms with Gasteiger partial charge in [0.25, 0.3) is 5.91 Å². The summed E-state index contributed by atoms with van der Waals surface area (Å²) in [4.78, 5) is 39.9. The van der Waals surface area contributed by atoms with Crippen molar-refractivity contribution in [2.45, 2.75) is 32.9 Å². The highest BCUT2D eigenvalue weighted by Gasteiger charge is 2.36. The van der Waals surface area contributed by atoms with E-state index < -0.39 is 6.04 Å². The fourth-order valence-corrected chi connectivity index (χ4v) is 3.70. The van der Waals surface area contributed by atoms with E-state index in [-0.39, 0.29) is 29.4 Å².